The second-order valence-electron chi connectivity index (χ2n) is 4.76. The number of hydrogen-bond acceptors (Lipinski definition) is 5. The van der Waals surface area contributed by atoms with Gasteiger partial charge in [0.15, 0.2) is 0 Å². The van der Waals surface area contributed by atoms with E-state index >= 15 is 0 Å². The molecule has 0 atom stereocenters. The van der Waals surface area contributed by atoms with Gasteiger partial charge in [0.2, 0.25) is 0 Å². The first-order valence-corrected chi connectivity index (χ1v) is 6.94. The normalized spacial score (nSPS) is 10.8. The van der Waals surface area contributed by atoms with Crippen LogP contribution in [-0.4, -0.2) is 41.0 Å². The minimum absolute atomic E-state index is 0.105. The molecule has 0 fully saturated rings. The van der Waals surface area contributed by atoms with Crippen LogP contribution < -0.4 is 10.3 Å². The number of aliphatic carboxylic acids is 1. The van der Waals surface area contributed by atoms with Gasteiger partial charge in [-0.2, -0.15) is 0 Å². The van der Waals surface area contributed by atoms with Crippen molar-refractivity contribution in [1.29, 1.82) is 0 Å². The maximum absolute atomic E-state index is 12.3. The summed E-state index contributed by atoms with van der Waals surface area (Å²) >= 11 is 0. The minimum atomic E-state index is -0.944. The van der Waals surface area contributed by atoms with Crippen molar-refractivity contribution in [1.82, 2.24) is 9.55 Å². The highest BCUT2D eigenvalue weighted by Gasteiger charge is 2.07. The smallest absolute Gasteiger partial charge is 0.305 e. The summed E-state index contributed by atoms with van der Waals surface area (Å²) in [4.78, 5) is 27.1. The molecule has 0 saturated heterocycles. The van der Waals surface area contributed by atoms with Crippen LogP contribution >= 0.6 is 0 Å². The molecular weight excluding hydrogens is 288 g/mol. The molecule has 2 heterocycles. The molecule has 0 amide bonds. The molecule has 0 aliphatic rings. The van der Waals surface area contributed by atoms with Crippen LogP contribution in [0.15, 0.2) is 29.3 Å². The number of aromatic nitrogens is 2. The summed E-state index contributed by atoms with van der Waals surface area (Å²) in [5, 5.41) is 9.12. The van der Waals surface area contributed by atoms with Crippen LogP contribution in [0, 0.1) is 0 Å². The topological polar surface area (TPSA) is 90.7 Å². The lowest BCUT2D eigenvalue weighted by molar-refractivity contribution is -0.137. The first-order valence-electron chi connectivity index (χ1n) is 6.94. The predicted molar refractivity (Wildman–Crippen MR) is 80.2 cm³/mol. The number of hydrogen-bond donors (Lipinski definition) is 1. The van der Waals surface area contributed by atoms with E-state index in [1.165, 1.54) is 4.57 Å². The lowest BCUT2D eigenvalue weighted by atomic mass is 10.2. The van der Waals surface area contributed by atoms with Crippen molar-refractivity contribution in [3.05, 3.63) is 34.9 Å². The number of pyridine rings is 2. The standard InChI is InChI=1S/C15H18N2O5/c1-21-7-2-8-22-11-9-12-13(16-10-11)3-5-17(15(12)20)6-4-14(18)19/h3,5,9-10H,2,4,6-8H2,1H3,(H,18,19). The molecule has 7 nitrogen and oxygen atoms in total. The molecule has 0 spiro atoms. The number of aryl methyl sites for hydroxylation is 1. The molecule has 1 N–H and O–H groups in total. The number of ether oxygens (including phenoxy) is 2. The molecule has 2 aromatic heterocycles. The average molecular weight is 306 g/mol. The molecule has 0 aliphatic carbocycles. The minimum Gasteiger partial charge on any atom is -0.492 e. The van der Waals surface area contributed by atoms with E-state index in [0.29, 0.717) is 29.9 Å². The van der Waals surface area contributed by atoms with Crippen molar-refractivity contribution in [3.63, 3.8) is 0 Å². The van der Waals surface area contributed by atoms with Gasteiger partial charge in [-0.25, -0.2) is 0 Å². The quantitative estimate of drug-likeness (QED) is 0.739. The lowest BCUT2D eigenvalue weighted by Gasteiger charge is -2.08. The van der Waals surface area contributed by atoms with E-state index in [1.807, 2.05) is 0 Å². The Labute approximate surface area is 127 Å². The molecule has 0 saturated carbocycles. The van der Waals surface area contributed by atoms with Crippen LogP contribution in [0.1, 0.15) is 12.8 Å². The van der Waals surface area contributed by atoms with Gasteiger partial charge in [-0.3, -0.25) is 14.6 Å². The van der Waals surface area contributed by atoms with Crippen LogP contribution in [0.2, 0.25) is 0 Å². The van der Waals surface area contributed by atoms with E-state index in [1.54, 1.807) is 31.6 Å². The molecule has 0 aliphatic heterocycles. The van der Waals surface area contributed by atoms with Crippen molar-refractivity contribution >= 4 is 16.9 Å². The fourth-order valence-corrected chi connectivity index (χ4v) is 2.01. The molecule has 2 rings (SSSR count). The molecule has 118 valence electrons. The second-order valence-corrected chi connectivity index (χ2v) is 4.76. The van der Waals surface area contributed by atoms with E-state index in [2.05, 4.69) is 4.98 Å². The predicted octanol–water partition coefficient (Wildman–Crippen LogP) is 1.29. The Bertz CT molecular complexity index is 711. The van der Waals surface area contributed by atoms with Gasteiger partial charge in [-0.05, 0) is 12.1 Å². The van der Waals surface area contributed by atoms with Crippen molar-refractivity contribution in [2.45, 2.75) is 19.4 Å². The summed E-state index contributed by atoms with van der Waals surface area (Å²) in [5.41, 5.74) is 0.286. The van der Waals surface area contributed by atoms with E-state index in [0.717, 1.165) is 6.42 Å². The Morgan fingerprint density at radius 1 is 1.41 bits per heavy atom. The van der Waals surface area contributed by atoms with Crippen LogP contribution in [0.3, 0.4) is 0 Å². The molecule has 7 heteroatoms. The summed E-state index contributed by atoms with van der Waals surface area (Å²) in [7, 11) is 1.62. The summed E-state index contributed by atoms with van der Waals surface area (Å²) in [6.07, 6.45) is 3.76. The van der Waals surface area contributed by atoms with Crippen LogP contribution in [0.4, 0.5) is 0 Å². The molecule has 22 heavy (non-hydrogen) atoms. The average Bonchev–Trinajstić information content (AvgIpc) is 2.51. The fourth-order valence-electron chi connectivity index (χ4n) is 2.01. The third-order valence-electron chi connectivity index (χ3n) is 3.13. The molecule has 2 aromatic rings. The SMILES string of the molecule is COCCCOc1cnc2ccn(CCC(=O)O)c(=O)c2c1. The highest BCUT2D eigenvalue weighted by atomic mass is 16.5. The van der Waals surface area contributed by atoms with E-state index in [9.17, 15) is 9.59 Å². The van der Waals surface area contributed by atoms with Crippen molar-refractivity contribution in [2.75, 3.05) is 20.3 Å². The molecule has 0 unspecified atom stereocenters. The zero-order chi connectivity index (χ0) is 15.9. The van der Waals surface area contributed by atoms with Crippen LogP contribution in [0.25, 0.3) is 10.9 Å². The van der Waals surface area contributed by atoms with Gasteiger partial charge in [0.1, 0.15) is 5.75 Å². The summed E-state index contributed by atoms with van der Waals surface area (Å²) < 4.78 is 11.8. The van der Waals surface area contributed by atoms with E-state index in [4.69, 9.17) is 14.6 Å². The third kappa shape index (κ3) is 4.05. The first-order chi connectivity index (χ1) is 10.6. The summed E-state index contributed by atoms with van der Waals surface area (Å²) in [5.74, 6) is -0.433. The number of carboxylic acid groups (broad SMARTS) is 1. The highest BCUT2D eigenvalue weighted by molar-refractivity contribution is 5.78. The van der Waals surface area contributed by atoms with E-state index < -0.39 is 5.97 Å². The number of carbonyl (C=O) groups is 1. The number of rotatable bonds is 8. The fraction of sp³-hybridized carbons (Fsp3) is 0.400. The van der Waals surface area contributed by atoms with Gasteiger partial charge in [-0.15, -0.1) is 0 Å². The number of nitrogens with zero attached hydrogens (tertiary/aromatic N) is 2. The monoisotopic (exact) mass is 306 g/mol. The molecule has 0 bridgehead atoms. The maximum Gasteiger partial charge on any atom is 0.305 e. The van der Waals surface area contributed by atoms with Crippen molar-refractivity contribution < 1.29 is 19.4 Å². The van der Waals surface area contributed by atoms with Gasteiger partial charge < -0.3 is 19.1 Å². The van der Waals surface area contributed by atoms with E-state index in [-0.39, 0.29) is 18.5 Å². The number of fused-ring (bicyclic) bond motifs is 1. The Morgan fingerprint density at radius 2 is 2.23 bits per heavy atom. The lowest BCUT2D eigenvalue weighted by Crippen LogP contribution is -2.21. The second kappa shape index (κ2) is 7.56. The molecule has 0 radical (unpaired) electrons. The van der Waals surface area contributed by atoms with Gasteiger partial charge in [0, 0.05) is 32.9 Å². The van der Waals surface area contributed by atoms with Gasteiger partial charge in [0.05, 0.1) is 30.1 Å². The Balaban J connectivity index is 2.20. The zero-order valence-corrected chi connectivity index (χ0v) is 12.3. The molecule has 0 aromatic carbocycles. The number of methoxy groups -OCH3 is 1. The van der Waals surface area contributed by atoms with Gasteiger partial charge in [0.25, 0.3) is 5.56 Å². The molecular formula is C15H18N2O5. The summed E-state index contributed by atoms with van der Waals surface area (Å²) in [6.45, 7) is 1.20. The van der Waals surface area contributed by atoms with Crippen LogP contribution in [0.5, 0.6) is 5.75 Å². The first kappa shape index (κ1) is 16.0. The van der Waals surface area contributed by atoms with Crippen LogP contribution in [-0.2, 0) is 16.1 Å². The zero-order valence-electron chi connectivity index (χ0n) is 12.3. The maximum atomic E-state index is 12.3. The Kier molecular flexibility index (Phi) is 5.48. The Hall–Kier alpha value is -2.41. The van der Waals surface area contributed by atoms with Crippen molar-refractivity contribution in [3.8, 4) is 5.75 Å². The third-order valence-corrected chi connectivity index (χ3v) is 3.13. The van der Waals surface area contributed by atoms with Crippen molar-refractivity contribution in [2.24, 2.45) is 0 Å². The Morgan fingerprint density at radius 3 is 2.95 bits per heavy atom. The summed E-state index contributed by atoms with van der Waals surface area (Å²) in [6, 6.07) is 3.32. The largest absolute Gasteiger partial charge is 0.492 e. The highest BCUT2D eigenvalue weighted by Crippen LogP contribution is 2.15. The van der Waals surface area contributed by atoms with Gasteiger partial charge in [-0.1, -0.05) is 0 Å². The number of carboxylic acids is 1. The van der Waals surface area contributed by atoms with Gasteiger partial charge >= 0.3 is 5.97 Å².